The number of aliphatic hydroxyl groups excluding tert-OH is 1. The second-order valence-electron chi connectivity index (χ2n) is 6.15. The van der Waals surface area contributed by atoms with Crippen LogP contribution < -0.4 is 5.32 Å². The Kier molecular flexibility index (Phi) is 4.83. The van der Waals surface area contributed by atoms with Gasteiger partial charge in [0.05, 0.1) is 6.10 Å². The summed E-state index contributed by atoms with van der Waals surface area (Å²) in [6.45, 7) is 0. The summed E-state index contributed by atoms with van der Waals surface area (Å²) < 4.78 is 0. The Morgan fingerprint density at radius 1 is 0.941 bits per heavy atom. The lowest BCUT2D eigenvalue weighted by Gasteiger charge is -2.36. The van der Waals surface area contributed by atoms with Gasteiger partial charge in [-0.25, -0.2) is 0 Å². The molecule has 3 heteroatoms. The van der Waals surface area contributed by atoms with Crippen LogP contribution >= 0.6 is 0 Å². The zero-order chi connectivity index (χ0) is 12.3. The van der Waals surface area contributed by atoms with Crippen LogP contribution in [-0.2, 0) is 0 Å². The molecule has 2 aliphatic rings. The van der Waals surface area contributed by atoms with Crippen molar-refractivity contribution in [3.63, 3.8) is 0 Å². The number of aliphatic hydroxyl groups is 1. The van der Waals surface area contributed by atoms with Crippen LogP contribution in [0.2, 0.25) is 0 Å². The minimum atomic E-state index is -0.0561. The van der Waals surface area contributed by atoms with Gasteiger partial charge >= 0.3 is 0 Å². The molecule has 0 radical (unpaired) electrons. The maximum absolute atomic E-state index is 9.68. The molecule has 0 heterocycles. The zero-order valence-corrected chi connectivity index (χ0v) is 11.4. The summed E-state index contributed by atoms with van der Waals surface area (Å²) >= 11 is 0. The molecule has 0 bridgehead atoms. The van der Waals surface area contributed by atoms with Crippen LogP contribution in [0.25, 0.3) is 0 Å². The van der Waals surface area contributed by atoms with Crippen molar-refractivity contribution in [2.24, 2.45) is 0 Å². The fourth-order valence-electron chi connectivity index (χ4n) is 3.41. The number of nitrogens with zero attached hydrogens (tertiary/aromatic N) is 1. The average molecular weight is 240 g/mol. The van der Waals surface area contributed by atoms with Crippen molar-refractivity contribution in [2.45, 2.75) is 75.6 Å². The quantitative estimate of drug-likeness (QED) is 0.789. The van der Waals surface area contributed by atoms with Gasteiger partial charge in [0, 0.05) is 18.1 Å². The van der Waals surface area contributed by atoms with Gasteiger partial charge in [0.1, 0.15) is 0 Å². The van der Waals surface area contributed by atoms with Gasteiger partial charge in [0.15, 0.2) is 0 Å². The lowest BCUT2D eigenvalue weighted by atomic mass is 9.87. The van der Waals surface area contributed by atoms with Crippen molar-refractivity contribution in [1.82, 2.24) is 10.2 Å². The Labute approximate surface area is 106 Å². The summed E-state index contributed by atoms with van der Waals surface area (Å²) in [5.41, 5.74) is 0. The van der Waals surface area contributed by atoms with E-state index in [1.807, 2.05) is 0 Å². The van der Waals surface area contributed by atoms with Crippen LogP contribution in [0.4, 0.5) is 0 Å². The van der Waals surface area contributed by atoms with Gasteiger partial charge in [-0.3, -0.25) is 0 Å². The van der Waals surface area contributed by atoms with Gasteiger partial charge in [0.2, 0.25) is 0 Å². The molecule has 2 rings (SSSR count). The van der Waals surface area contributed by atoms with Gasteiger partial charge < -0.3 is 15.3 Å². The SMILES string of the molecule is CN(C)C1CCC(NC2CCCC(O)C2)CC1. The monoisotopic (exact) mass is 240 g/mol. The third-order valence-corrected chi connectivity index (χ3v) is 4.54. The van der Waals surface area contributed by atoms with Gasteiger partial charge in [-0.2, -0.15) is 0 Å². The molecule has 2 atom stereocenters. The molecule has 0 amide bonds. The van der Waals surface area contributed by atoms with Crippen molar-refractivity contribution in [1.29, 1.82) is 0 Å². The van der Waals surface area contributed by atoms with E-state index in [0.717, 1.165) is 18.9 Å². The summed E-state index contributed by atoms with van der Waals surface area (Å²) in [6.07, 6.45) is 9.60. The number of rotatable bonds is 3. The highest BCUT2D eigenvalue weighted by Crippen LogP contribution is 2.24. The molecule has 2 fully saturated rings. The summed E-state index contributed by atoms with van der Waals surface area (Å²) in [5.74, 6) is 0. The van der Waals surface area contributed by atoms with Gasteiger partial charge in [0.25, 0.3) is 0 Å². The fourth-order valence-corrected chi connectivity index (χ4v) is 3.41. The highest BCUT2D eigenvalue weighted by molar-refractivity contribution is 4.85. The normalized spacial score (nSPS) is 39.5. The second kappa shape index (κ2) is 6.17. The van der Waals surface area contributed by atoms with E-state index in [1.54, 1.807) is 0 Å². The molecule has 17 heavy (non-hydrogen) atoms. The lowest BCUT2D eigenvalue weighted by molar-refractivity contribution is 0.103. The summed E-state index contributed by atoms with van der Waals surface area (Å²) in [6, 6.07) is 2.05. The van der Waals surface area contributed by atoms with Crippen LogP contribution in [0.3, 0.4) is 0 Å². The molecule has 3 nitrogen and oxygen atoms in total. The molecule has 0 aromatic heterocycles. The Morgan fingerprint density at radius 3 is 2.24 bits per heavy atom. The van der Waals surface area contributed by atoms with Crippen molar-refractivity contribution >= 4 is 0 Å². The highest BCUT2D eigenvalue weighted by Gasteiger charge is 2.26. The Balaban J connectivity index is 1.70. The van der Waals surface area contributed by atoms with Crippen LogP contribution in [0.5, 0.6) is 0 Å². The first-order valence-electron chi connectivity index (χ1n) is 7.25. The molecular weight excluding hydrogens is 212 g/mol. The predicted octanol–water partition coefficient (Wildman–Crippen LogP) is 1.75. The third-order valence-electron chi connectivity index (χ3n) is 4.54. The highest BCUT2D eigenvalue weighted by atomic mass is 16.3. The Hall–Kier alpha value is -0.120. The molecule has 2 N–H and O–H groups in total. The van der Waals surface area contributed by atoms with Crippen LogP contribution in [0, 0.1) is 0 Å². The molecule has 0 aromatic rings. The van der Waals surface area contributed by atoms with E-state index in [1.165, 1.54) is 38.5 Å². The minimum absolute atomic E-state index is 0.0561. The van der Waals surface area contributed by atoms with E-state index in [-0.39, 0.29) is 6.10 Å². The first-order valence-corrected chi connectivity index (χ1v) is 7.25. The molecule has 100 valence electrons. The Morgan fingerprint density at radius 2 is 1.65 bits per heavy atom. The molecule has 0 saturated heterocycles. The van der Waals surface area contributed by atoms with E-state index in [2.05, 4.69) is 24.3 Å². The van der Waals surface area contributed by atoms with E-state index in [4.69, 9.17) is 0 Å². The fraction of sp³-hybridized carbons (Fsp3) is 1.00. The standard InChI is InChI=1S/C14H28N2O/c1-16(2)13-8-6-11(7-9-13)15-12-4-3-5-14(17)10-12/h11-15,17H,3-10H2,1-2H3. The van der Waals surface area contributed by atoms with E-state index in [0.29, 0.717) is 12.1 Å². The van der Waals surface area contributed by atoms with E-state index in [9.17, 15) is 5.11 Å². The predicted molar refractivity (Wildman–Crippen MR) is 71.1 cm³/mol. The first-order chi connectivity index (χ1) is 8.15. The summed E-state index contributed by atoms with van der Waals surface area (Å²) in [4.78, 5) is 2.36. The number of hydrogen-bond donors (Lipinski definition) is 2. The zero-order valence-electron chi connectivity index (χ0n) is 11.4. The van der Waals surface area contributed by atoms with Crippen molar-refractivity contribution in [3.05, 3.63) is 0 Å². The maximum Gasteiger partial charge on any atom is 0.0555 e. The summed E-state index contributed by atoms with van der Waals surface area (Å²) in [7, 11) is 4.38. The molecule has 0 aromatic carbocycles. The Bertz CT molecular complexity index is 224. The summed E-state index contributed by atoms with van der Waals surface area (Å²) in [5, 5.41) is 13.4. The average Bonchev–Trinajstić information content (AvgIpc) is 2.29. The van der Waals surface area contributed by atoms with Crippen LogP contribution in [0.1, 0.15) is 51.4 Å². The molecule has 0 aliphatic heterocycles. The molecule has 0 spiro atoms. The molecule has 2 saturated carbocycles. The molecule has 2 unspecified atom stereocenters. The van der Waals surface area contributed by atoms with Crippen molar-refractivity contribution in [3.8, 4) is 0 Å². The van der Waals surface area contributed by atoms with Crippen LogP contribution in [0.15, 0.2) is 0 Å². The maximum atomic E-state index is 9.68. The first kappa shape index (κ1) is 13.3. The second-order valence-corrected chi connectivity index (χ2v) is 6.15. The largest absolute Gasteiger partial charge is 0.393 e. The minimum Gasteiger partial charge on any atom is -0.393 e. The van der Waals surface area contributed by atoms with E-state index < -0.39 is 0 Å². The van der Waals surface area contributed by atoms with Gasteiger partial charge in [-0.15, -0.1) is 0 Å². The van der Waals surface area contributed by atoms with E-state index >= 15 is 0 Å². The smallest absolute Gasteiger partial charge is 0.0555 e. The van der Waals surface area contributed by atoms with Crippen molar-refractivity contribution < 1.29 is 5.11 Å². The van der Waals surface area contributed by atoms with Gasteiger partial charge in [-0.1, -0.05) is 0 Å². The topological polar surface area (TPSA) is 35.5 Å². The van der Waals surface area contributed by atoms with Crippen molar-refractivity contribution in [2.75, 3.05) is 14.1 Å². The third kappa shape index (κ3) is 3.94. The van der Waals surface area contributed by atoms with Crippen LogP contribution in [-0.4, -0.2) is 48.3 Å². The molecule has 2 aliphatic carbocycles. The molecular formula is C14H28N2O. The van der Waals surface area contributed by atoms with Gasteiger partial charge in [-0.05, 0) is 65.5 Å². The number of hydrogen-bond acceptors (Lipinski definition) is 3. The number of nitrogens with one attached hydrogen (secondary N) is 1. The lowest BCUT2D eigenvalue weighted by Crippen LogP contribution is -2.45.